The van der Waals surface area contributed by atoms with E-state index in [1.165, 1.54) is 23.9 Å². The van der Waals surface area contributed by atoms with Crippen LogP contribution in [-0.2, 0) is 5.75 Å². The first kappa shape index (κ1) is 17.8. The lowest BCUT2D eigenvalue weighted by Crippen LogP contribution is -2.06. The van der Waals surface area contributed by atoms with Gasteiger partial charge in [0.25, 0.3) is 5.69 Å². The third-order valence-corrected chi connectivity index (χ3v) is 4.06. The summed E-state index contributed by atoms with van der Waals surface area (Å²) >= 11 is 7.05. The number of thioether (sulfide) groups is 1. The molecule has 0 saturated carbocycles. The molecule has 124 valence electrons. The van der Waals surface area contributed by atoms with E-state index in [-0.39, 0.29) is 21.5 Å². The van der Waals surface area contributed by atoms with Crippen LogP contribution in [0.4, 0.5) is 5.69 Å². The number of phenols is 1. The number of benzene rings is 2. The molecule has 0 amide bonds. The molecule has 0 atom stereocenters. The van der Waals surface area contributed by atoms with Crippen molar-refractivity contribution in [1.29, 1.82) is 0 Å². The number of hydrogen-bond donors (Lipinski definition) is 2. The molecule has 0 fully saturated rings. The Balaban J connectivity index is 2.10. The van der Waals surface area contributed by atoms with Gasteiger partial charge in [-0.25, -0.2) is 0 Å². The molecule has 0 radical (unpaired) electrons. The van der Waals surface area contributed by atoms with Gasteiger partial charge in [-0.2, -0.15) is 5.10 Å². The molecule has 2 aromatic rings. The predicted molar refractivity (Wildman–Crippen MR) is 96.7 cm³/mol. The Morgan fingerprint density at radius 2 is 2.04 bits per heavy atom. The second kappa shape index (κ2) is 8.32. The fraction of sp³-hybridized carbons (Fsp3) is 0.0667. The number of amidine groups is 1. The van der Waals surface area contributed by atoms with Crippen LogP contribution in [0.15, 0.2) is 52.7 Å². The van der Waals surface area contributed by atoms with E-state index in [0.717, 1.165) is 11.8 Å². The van der Waals surface area contributed by atoms with Gasteiger partial charge in [0.05, 0.1) is 11.1 Å². The number of nitro groups is 1. The standard InChI is InChI=1S/C15H13ClN4O3S/c16-12-6-7-13(21)11(14(12)20(22)23)8-18-19-15(17)24-9-10-4-2-1-3-5-10/h1-8,21H,9H2,(H2,17,19). The first-order chi connectivity index (χ1) is 11.5. The third kappa shape index (κ3) is 4.71. The van der Waals surface area contributed by atoms with E-state index in [2.05, 4.69) is 10.2 Å². The lowest BCUT2D eigenvalue weighted by atomic mass is 10.2. The molecule has 3 N–H and O–H groups in total. The monoisotopic (exact) mass is 364 g/mol. The molecule has 2 rings (SSSR count). The molecule has 0 unspecified atom stereocenters. The fourth-order valence-electron chi connectivity index (χ4n) is 1.79. The number of nitrogens with zero attached hydrogens (tertiary/aromatic N) is 3. The number of rotatable bonds is 5. The number of nitrogens with two attached hydrogens (primary N) is 1. The molecule has 0 aliphatic carbocycles. The Morgan fingerprint density at radius 1 is 1.33 bits per heavy atom. The molecular weight excluding hydrogens is 352 g/mol. The van der Waals surface area contributed by atoms with Crippen LogP contribution in [0.2, 0.25) is 5.02 Å². The first-order valence-electron chi connectivity index (χ1n) is 6.68. The molecule has 24 heavy (non-hydrogen) atoms. The summed E-state index contributed by atoms with van der Waals surface area (Å²) in [6, 6.07) is 12.1. The highest BCUT2D eigenvalue weighted by molar-refractivity contribution is 8.13. The second-order valence-electron chi connectivity index (χ2n) is 4.54. The summed E-state index contributed by atoms with van der Waals surface area (Å²) in [7, 11) is 0. The maximum Gasteiger partial charge on any atom is 0.300 e. The van der Waals surface area contributed by atoms with Gasteiger partial charge in [0.15, 0.2) is 5.17 Å². The Bertz CT molecular complexity index is 797. The van der Waals surface area contributed by atoms with Gasteiger partial charge in [0, 0.05) is 5.75 Å². The summed E-state index contributed by atoms with van der Waals surface area (Å²) in [6.45, 7) is 0. The van der Waals surface area contributed by atoms with E-state index >= 15 is 0 Å². The number of hydrogen-bond acceptors (Lipinski definition) is 6. The molecule has 0 bridgehead atoms. The maximum atomic E-state index is 11.0. The zero-order valence-corrected chi connectivity index (χ0v) is 13.9. The van der Waals surface area contributed by atoms with E-state index in [9.17, 15) is 15.2 Å². The summed E-state index contributed by atoms with van der Waals surface area (Å²) in [6.07, 6.45) is 1.05. The van der Waals surface area contributed by atoms with Crippen LogP contribution in [0.5, 0.6) is 5.75 Å². The van der Waals surface area contributed by atoms with Crippen LogP contribution in [0.1, 0.15) is 11.1 Å². The van der Waals surface area contributed by atoms with Crippen LogP contribution in [-0.4, -0.2) is 21.4 Å². The van der Waals surface area contributed by atoms with Crippen LogP contribution in [0, 0.1) is 10.1 Å². The van der Waals surface area contributed by atoms with Crippen LogP contribution in [0.3, 0.4) is 0 Å². The lowest BCUT2D eigenvalue weighted by Gasteiger charge is -2.02. The zero-order valence-electron chi connectivity index (χ0n) is 12.3. The largest absolute Gasteiger partial charge is 0.507 e. The van der Waals surface area contributed by atoms with Crippen molar-refractivity contribution in [3.63, 3.8) is 0 Å². The van der Waals surface area contributed by atoms with Crippen LogP contribution < -0.4 is 5.73 Å². The van der Waals surface area contributed by atoms with E-state index in [1.54, 1.807) is 0 Å². The van der Waals surface area contributed by atoms with E-state index in [4.69, 9.17) is 17.3 Å². The molecule has 0 spiro atoms. The second-order valence-corrected chi connectivity index (χ2v) is 5.95. The average Bonchev–Trinajstić information content (AvgIpc) is 2.56. The van der Waals surface area contributed by atoms with Crippen molar-refractivity contribution in [2.45, 2.75) is 5.75 Å². The normalized spacial score (nSPS) is 11.8. The fourth-order valence-corrected chi connectivity index (χ4v) is 2.63. The smallest absolute Gasteiger partial charge is 0.300 e. The summed E-state index contributed by atoms with van der Waals surface area (Å²) < 4.78 is 0. The minimum absolute atomic E-state index is 0.102. The third-order valence-electron chi connectivity index (χ3n) is 2.90. The summed E-state index contributed by atoms with van der Waals surface area (Å²) in [5.74, 6) is 0.300. The molecule has 2 aromatic carbocycles. The Hall–Kier alpha value is -2.58. The van der Waals surface area contributed by atoms with Crippen molar-refractivity contribution in [3.8, 4) is 5.75 Å². The molecular formula is C15H13ClN4O3S. The molecule has 0 saturated heterocycles. The minimum atomic E-state index is -0.694. The number of phenolic OH excluding ortho intramolecular Hbond substituents is 1. The first-order valence-corrected chi connectivity index (χ1v) is 8.04. The van der Waals surface area contributed by atoms with Crippen molar-refractivity contribution in [2.24, 2.45) is 15.9 Å². The number of nitro benzene ring substituents is 1. The van der Waals surface area contributed by atoms with Crippen LogP contribution in [0.25, 0.3) is 0 Å². The van der Waals surface area contributed by atoms with Crippen molar-refractivity contribution in [3.05, 3.63) is 68.7 Å². The molecule has 0 aliphatic heterocycles. The Morgan fingerprint density at radius 3 is 2.71 bits per heavy atom. The van der Waals surface area contributed by atoms with E-state index in [1.807, 2.05) is 30.3 Å². The van der Waals surface area contributed by atoms with Crippen molar-refractivity contribution >= 4 is 40.4 Å². The highest BCUT2D eigenvalue weighted by atomic mass is 35.5. The Kier molecular flexibility index (Phi) is 6.16. The van der Waals surface area contributed by atoms with Crippen molar-refractivity contribution < 1.29 is 10.0 Å². The highest BCUT2D eigenvalue weighted by Gasteiger charge is 2.21. The molecule has 7 nitrogen and oxygen atoms in total. The quantitative estimate of drug-likeness (QED) is 0.364. The summed E-state index contributed by atoms with van der Waals surface area (Å²) in [4.78, 5) is 10.3. The number of halogens is 1. The molecule has 0 aliphatic rings. The molecule has 9 heteroatoms. The maximum absolute atomic E-state index is 11.0. The molecule has 0 heterocycles. The molecule has 0 aromatic heterocycles. The SMILES string of the molecule is NC(=NN=Cc1c(O)ccc(Cl)c1[N+](=O)[O-])SCc1ccccc1. The average molecular weight is 365 g/mol. The zero-order chi connectivity index (χ0) is 17.5. The topological polar surface area (TPSA) is 114 Å². The van der Waals surface area contributed by atoms with E-state index < -0.39 is 10.6 Å². The van der Waals surface area contributed by atoms with Gasteiger partial charge in [-0.15, -0.1) is 5.10 Å². The van der Waals surface area contributed by atoms with Gasteiger partial charge >= 0.3 is 0 Å². The van der Waals surface area contributed by atoms with Gasteiger partial charge in [-0.3, -0.25) is 10.1 Å². The van der Waals surface area contributed by atoms with Crippen molar-refractivity contribution in [1.82, 2.24) is 0 Å². The predicted octanol–water partition coefficient (Wildman–Crippen LogP) is 3.54. The van der Waals surface area contributed by atoms with Gasteiger partial charge in [-0.05, 0) is 17.7 Å². The van der Waals surface area contributed by atoms with Gasteiger partial charge in [0.1, 0.15) is 16.3 Å². The van der Waals surface area contributed by atoms with Gasteiger partial charge in [-0.1, -0.05) is 53.7 Å². The van der Waals surface area contributed by atoms with Gasteiger partial charge < -0.3 is 10.8 Å². The lowest BCUT2D eigenvalue weighted by molar-refractivity contribution is -0.384. The van der Waals surface area contributed by atoms with E-state index in [0.29, 0.717) is 5.75 Å². The Labute approximate surface area is 147 Å². The minimum Gasteiger partial charge on any atom is -0.507 e. The summed E-state index contributed by atoms with van der Waals surface area (Å²) in [5.41, 5.74) is 6.24. The van der Waals surface area contributed by atoms with Crippen molar-refractivity contribution in [2.75, 3.05) is 0 Å². The van der Waals surface area contributed by atoms with Crippen LogP contribution >= 0.6 is 23.4 Å². The highest BCUT2D eigenvalue weighted by Crippen LogP contribution is 2.33. The summed E-state index contributed by atoms with van der Waals surface area (Å²) in [5, 5.41) is 28.3. The van der Waals surface area contributed by atoms with Gasteiger partial charge in [0.2, 0.25) is 0 Å². The number of aromatic hydroxyl groups is 1.